The predicted molar refractivity (Wildman–Crippen MR) is 143 cm³/mol. The van der Waals surface area contributed by atoms with Crippen molar-refractivity contribution in [2.45, 2.75) is 0 Å². The van der Waals surface area contributed by atoms with Gasteiger partial charge in [0.1, 0.15) is 0 Å². The van der Waals surface area contributed by atoms with Crippen molar-refractivity contribution in [2.75, 3.05) is 82.3 Å². The molecule has 0 amide bonds. The van der Waals surface area contributed by atoms with E-state index in [4.69, 9.17) is 11.6 Å². The second-order valence-corrected chi connectivity index (χ2v) is 8.24. The number of halogens is 2. The van der Waals surface area contributed by atoms with Crippen LogP contribution in [0.2, 0.25) is 5.02 Å². The summed E-state index contributed by atoms with van der Waals surface area (Å²) in [5.74, 6) is 1.82. The third-order valence-corrected chi connectivity index (χ3v) is 6.12. The van der Waals surface area contributed by atoms with E-state index in [1.807, 2.05) is 31.3 Å². The average molecular weight is 571 g/mol. The molecule has 8 nitrogen and oxygen atoms in total. The van der Waals surface area contributed by atoms with Gasteiger partial charge in [0.05, 0.1) is 0 Å². The lowest BCUT2D eigenvalue weighted by molar-refractivity contribution is 0.258. The van der Waals surface area contributed by atoms with Crippen LogP contribution in [0.15, 0.2) is 47.7 Å². The summed E-state index contributed by atoms with van der Waals surface area (Å²) in [6.07, 6.45) is 3.61. The van der Waals surface area contributed by atoms with Crippen molar-refractivity contribution in [3.63, 3.8) is 0 Å². The van der Waals surface area contributed by atoms with Gasteiger partial charge < -0.3 is 20.0 Å². The number of guanidine groups is 1. The fraction of sp³-hybridized carbons (Fsp3) is 0.500. The molecule has 0 saturated carbocycles. The summed E-state index contributed by atoms with van der Waals surface area (Å²) in [4.78, 5) is 22.7. The molecule has 32 heavy (non-hydrogen) atoms. The topological polar surface area (TPSA) is 63.1 Å². The normalized spacial score (nSPS) is 17.8. The maximum absolute atomic E-state index is 6.15. The van der Waals surface area contributed by atoms with Gasteiger partial charge in [-0.3, -0.25) is 9.89 Å². The Labute approximate surface area is 212 Å². The Morgan fingerprint density at radius 2 is 1.66 bits per heavy atom. The van der Waals surface area contributed by atoms with Gasteiger partial charge in [0.15, 0.2) is 5.96 Å². The summed E-state index contributed by atoms with van der Waals surface area (Å²) in [6.45, 7) is 9.69. The first-order chi connectivity index (χ1) is 15.2. The number of aromatic nitrogens is 2. The van der Waals surface area contributed by atoms with Gasteiger partial charge in [-0.25, -0.2) is 9.97 Å². The molecule has 1 N–H and O–H groups in total. The van der Waals surface area contributed by atoms with Gasteiger partial charge in [0, 0.05) is 95.6 Å². The minimum atomic E-state index is 0. The van der Waals surface area contributed by atoms with E-state index in [1.165, 1.54) is 5.69 Å². The lowest BCUT2D eigenvalue weighted by atomic mass is 10.2. The summed E-state index contributed by atoms with van der Waals surface area (Å²) in [5, 5.41) is 4.34. The van der Waals surface area contributed by atoms with E-state index < -0.39 is 0 Å². The van der Waals surface area contributed by atoms with E-state index in [0.29, 0.717) is 0 Å². The number of anilines is 2. The molecule has 2 aliphatic rings. The van der Waals surface area contributed by atoms with Crippen molar-refractivity contribution in [3.05, 3.63) is 47.7 Å². The Hall–Kier alpha value is -1.85. The molecule has 0 radical (unpaired) electrons. The van der Waals surface area contributed by atoms with Crippen molar-refractivity contribution in [1.29, 1.82) is 0 Å². The molecule has 174 valence electrons. The molecule has 0 atom stereocenters. The van der Waals surface area contributed by atoms with E-state index in [1.54, 1.807) is 12.4 Å². The fourth-order valence-electron chi connectivity index (χ4n) is 4.13. The molecule has 1 aromatic heterocycles. The summed E-state index contributed by atoms with van der Waals surface area (Å²) < 4.78 is 0. The maximum atomic E-state index is 6.15. The van der Waals surface area contributed by atoms with Crippen LogP contribution in [-0.4, -0.2) is 98.2 Å². The summed E-state index contributed by atoms with van der Waals surface area (Å²) in [5.41, 5.74) is 1.19. The average Bonchev–Trinajstić information content (AvgIpc) is 2.83. The molecule has 0 spiro atoms. The van der Waals surface area contributed by atoms with Gasteiger partial charge in [-0.1, -0.05) is 17.7 Å². The van der Waals surface area contributed by atoms with E-state index >= 15 is 0 Å². The van der Waals surface area contributed by atoms with Crippen LogP contribution in [0.1, 0.15) is 0 Å². The van der Waals surface area contributed by atoms with Crippen LogP contribution in [0.4, 0.5) is 11.6 Å². The highest BCUT2D eigenvalue weighted by atomic mass is 127. The summed E-state index contributed by atoms with van der Waals surface area (Å²) >= 11 is 6.15. The minimum absolute atomic E-state index is 0. The summed E-state index contributed by atoms with van der Waals surface area (Å²) in [7, 11) is 1.87. The molecule has 10 heteroatoms. The Morgan fingerprint density at radius 3 is 2.31 bits per heavy atom. The third kappa shape index (κ3) is 6.58. The third-order valence-electron chi connectivity index (χ3n) is 5.88. The van der Waals surface area contributed by atoms with Gasteiger partial charge in [-0.15, -0.1) is 24.0 Å². The highest BCUT2D eigenvalue weighted by Crippen LogP contribution is 2.20. The van der Waals surface area contributed by atoms with Crippen LogP contribution in [-0.2, 0) is 0 Å². The van der Waals surface area contributed by atoms with E-state index in [-0.39, 0.29) is 24.0 Å². The van der Waals surface area contributed by atoms with Crippen molar-refractivity contribution in [1.82, 2.24) is 25.1 Å². The number of piperazine rings is 2. The molecule has 2 saturated heterocycles. The number of nitrogens with one attached hydrogen (secondary N) is 1. The Bertz CT molecular complexity index is 852. The highest BCUT2D eigenvalue weighted by Gasteiger charge is 2.21. The van der Waals surface area contributed by atoms with Crippen molar-refractivity contribution in [2.24, 2.45) is 4.99 Å². The quantitative estimate of drug-likeness (QED) is 0.336. The first-order valence-electron chi connectivity index (χ1n) is 10.9. The minimum Gasteiger partial charge on any atom is -0.368 e. The molecule has 2 fully saturated rings. The molecule has 0 aliphatic carbocycles. The van der Waals surface area contributed by atoms with Crippen molar-refractivity contribution in [3.8, 4) is 0 Å². The van der Waals surface area contributed by atoms with E-state index in [9.17, 15) is 0 Å². The molecular weight excluding hydrogens is 539 g/mol. The van der Waals surface area contributed by atoms with E-state index in [2.05, 4.69) is 45.9 Å². The molecule has 1 aromatic carbocycles. The Balaban J connectivity index is 0.00000289. The zero-order valence-corrected chi connectivity index (χ0v) is 21.6. The first-order valence-corrected chi connectivity index (χ1v) is 11.3. The first kappa shape index (κ1) is 24.8. The standard InChI is InChI=1S/C22H31ClN8.HI/c1-24-21(30-16-14-29(15-17-30)20-5-2-4-19(23)18-20)27-8-9-28-10-12-31(13-11-28)22-25-6-3-7-26-22;/h2-7,18H,8-17H2,1H3,(H,24,27);1H. The Morgan fingerprint density at radius 1 is 0.969 bits per heavy atom. The monoisotopic (exact) mass is 570 g/mol. The molecular formula is C22H32ClIN8. The van der Waals surface area contributed by atoms with Crippen LogP contribution in [0.5, 0.6) is 0 Å². The largest absolute Gasteiger partial charge is 0.368 e. The molecule has 2 aliphatic heterocycles. The fourth-order valence-corrected chi connectivity index (χ4v) is 4.32. The van der Waals surface area contributed by atoms with Crippen LogP contribution in [0.3, 0.4) is 0 Å². The van der Waals surface area contributed by atoms with Crippen LogP contribution < -0.4 is 15.1 Å². The maximum Gasteiger partial charge on any atom is 0.225 e. The highest BCUT2D eigenvalue weighted by molar-refractivity contribution is 14.0. The molecule has 0 unspecified atom stereocenters. The number of nitrogens with zero attached hydrogens (tertiary/aromatic N) is 7. The second-order valence-electron chi connectivity index (χ2n) is 7.81. The van der Waals surface area contributed by atoms with Gasteiger partial charge in [-0.2, -0.15) is 0 Å². The number of rotatable bonds is 5. The SMILES string of the molecule is CN=C(NCCN1CCN(c2ncccn2)CC1)N1CCN(c2cccc(Cl)c2)CC1.I. The Kier molecular flexibility index (Phi) is 9.61. The number of hydrogen-bond acceptors (Lipinski definition) is 6. The number of aliphatic imine (C=N–C) groups is 1. The van der Waals surface area contributed by atoms with Crippen molar-refractivity contribution < 1.29 is 0 Å². The molecule has 2 aromatic rings. The lowest BCUT2D eigenvalue weighted by Crippen LogP contribution is -2.54. The van der Waals surface area contributed by atoms with Crippen LogP contribution in [0, 0.1) is 0 Å². The van der Waals surface area contributed by atoms with Crippen LogP contribution in [0.25, 0.3) is 0 Å². The van der Waals surface area contributed by atoms with Crippen LogP contribution >= 0.6 is 35.6 Å². The smallest absolute Gasteiger partial charge is 0.225 e. The lowest BCUT2D eigenvalue weighted by Gasteiger charge is -2.38. The van der Waals surface area contributed by atoms with Crippen molar-refractivity contribution >= 4 is 53.2 Å². The zero-order chi connectivity index (χ0) is 21.5. The summed E-state index contributed by atoms with van der Waals surface area (Å²) in [6, 6.07) is 9.95. The second kappa shape index (κ2) is 12.4. The molecule has 3 heterocycles. The van der Waals surface area contributed by atoms with Gasteiger partial charge >= 0.3 is 0 Å². The number of hydrogen-bond donors (Lipinski definition) is 1. The van der Waals surface area contributed by atoms with Gasteiger partial charge in [0.2, 0.25) is 5.95 Å². The van der Waals surface area contributed by atoms with Gasteiger partial charge in [0.25, 0.3) is 0 Å². The molecule has 4 rings (SSSR count). The number of benzene rings is 1. The zero-order valence-electron chi connectivity index (χ0n) is 18.5. The van der Waals surface area contributed by atoms with E-state index in [0.717, 1.165) is 82.4 Å². The van der Waals surface area contributed by atoms with Gasteiger partial charge in [-0.05, 0) is 24.3 Å². The molecule has 0 bridgehead atoms. The predicted octanol–water partition coefficient (Wildman–Crippen LogP) is 2.27.